The minimum Gasteiger partial charge on any atom is -0.425 e. The summed E-state index contributed by atoms with van der Waals surface area (Å²) in [7, 11) is 0. The Morgan fingerprint density at radius 2 is 0.895 bits per heavy atom. The molecular formula is C26H46N4O8. The lowest BCUT2D eigenvalue weighted by molar-refractivity contribution is -0.172. The molecule has 0 aliphatic heterocycles. The van der Waals surface area contributed by atoms with Crippen LogP contribution in [-0.2, 0) is 28.5 Å². The van der Waals surface area contributed by atoms with Gasteiger partial charge in [0, 0.05) is 53.1 Å². The van der Waals surface area contributed by atoms with Gasteiger partial charge in [0.1, 0.15) is 0 Å². The summed E-state index contributed by atoms with van der Waals surface area (Å²) in [5.74, 6) is -0.773. The van der Waals surface area contributed by atoms with Crippen molar-refractivity contribution in [1.82, 2.24) is 21.3 Å². The van der Waals surface area contributed by atoms with E-state index in [2.05, 4.69) is 21.3 Å². The van der Waals surface area contributed by atoms with Crippen molar-refractivity contribution in [3.8, 4) is 0 Å². The van der Waals surface area contributed by atoms with Gasteiger partial charge in [0.2, 0.25) is 12.6 Å². The van der Waals surface area contributed by atoms with Crippen molar-refractivity contribution in [3.63, 3.8) is 0 Å². The molecule has 2 atom stereocenters. The summed E-state index contributed by atoms with van der Waals surface area (Å²) in [6.07, 6.45) is 6.64. The standard InChI is InChI=1S/C26H46N4O8/c1-19(35-23(31)21-9-5-3-6-10-21)37-25(33)29-17-15-27-13-14-28-16-18-30-26(34)38-20(2)36-24(32)22-11-7-4-8-12-22/h19-22,27-28H,3-18H2,1-2H3,(H,29,33)(H,30,34). The Balaban J connectivity index is 1.38. The number of amides is 2. The molecule has 0 bridgehead atoms. The van der Waals surface area contributed by atoms with E-state index in [0.29, 0.717) is 39.3 Å². The molecule has 12 heteroatoms. The first kappa shape index (κ1) is 31.6. The van der Waals surface area contributed by atoms with E-state index in [-0.39, 0.29) is 23.8 Å². The van der Waals surface area contributed by atoms with Crippen LogP contribution in [0.5, 0.6) is 0 Å². The molecule has 2 saturated carbocycles. The molecule has 2 fully saturated rings. The predicted octanol–water partition coefficient (Wildman–Crippen LogP) is 2.56. The monoisotopic (exact) mass is 542 g/mol. The number of esters is 2. The molecule has 0 heterocycles. The number of hydrogen-bond donors (Lipinski definition) is 4. The van der Waals surface area contributed by atoms with E-state index in [1.54, 1.807) is 0 Å². The van der Waals surface area contributed by atoms with E-state index in [0.717, 1.165) is 64.2 Å². The van der Waals surface area contributed by atoms with Gasteiger partial charge >= 0.3 is 24.1 Å². The van der Waals surface area contributed by atoms with E-state index in [4.69, 9.17) is 18.9 Å². The molecule has 2 aliphatic rings. The van der Waals surface area contributed by atoms with Crippen molar-refractivity contribution in [3.05, 3.63) is 0 Å². The molecule has 0 spiro atoms. The van der Waals surface area contributed by atoms with Crippen LogP contribution in [0.4, 0.5) is 9.59 Å². The molecular weight excluding hydrogens is 496 g/mol. The van der Waals surface area contributed by atoms with E-state index >= 15 is 0 Å². The summed E-state index contributed by atoms with van der Waals surface area (Å²) in [6, 6.07) is 0. The molecule has 2 amide bonds. The third-order valence-corrected chi connectivity index (χ3v) is 6.61. The molecule has 0 aromatic carbocycles. The van der Waals surface area contributed by atoms with E-state index in [1.807, 2.05) is 0 Å². The van der Waals surface area contributed by atoms with Gasteiger partial charge in [0.25, 0.3) is 0 Å². The highest BCUT2D eigenvalue weighted by molar-refractivity contribution is 5.73. The third-order valence-electron chi connectivity index (χ3n) is 6.61. The Labute approximate surface area is 225 Å². The minimum absolute atomic E-state index is 0.0915. The van der Waals surface area contributed by atoms with E-state index < -0.39 is 24.8 Å². The Kier molecular flexibility index (Phi) is 15.5. The number of hydrogen-bond acceptors (Lipinski definition) is 10. The Morgan fingerprint density at radius 3 is 1.26 bits per heavy atom. The van der Waals surface area contributed by atoms with E-state index in [1.165, 1.54) is 13.8 Å². The average molecular weight is 543 g/mol. The summed E-state index contributed by atoms with van der Waals surface area (Å²) in [5.41, 5.74) is 0. The van der Waals surface area contributed by atoms with Crippen LogP contribution in [0, 0.1) is 11.8 Å². The lowest BCUT2D eigenvalue weighted by Crippen LogP contribution is -2.39. The van der Waals surface area contributed by atoms with Crippen LogP contribution in [0.25, 0.3) is 0 Å². The highest BCUT2D eigenvalue weighted by Crippen LogP contribution is 2.26. The normalized spacial score (nSPS) is 18.1. The zero-order valence-electron chi connectivity index (χ0n) is 22.9. The van der Waals surface area contributed by atoms with Gasteiger partial charge < -0.3 is 40.2 Å². The predicted molar refractivity (Wildman–Crippen MR) is 139 cm³/mol. The molecule has 0 aromatic heterocycles. The lowest BCUT2D eigenvalue weighted by atomic mass is 9.89. The zero-order chi connectivity index (χ0) is 27.6. The molecule has 0 aromatic rings. The number of ether oxygens (including phenoxy) is 4. The van der Waals surface area contributed by atoms with Crippen LogP contribution < -0.4 is 21.3 Å². The van der Waals surface area contributed by atoms with Crippen LogP contribution in [0.1, 0.15) is 78.1 Å². The van der Waals surface area contributed by atoms with Crippen molar-refractivity contribution in [1.29, 1.82) is 0 Å². The molecule has 2 aliphatic carbocycles. The third kappa shape index (κ3) is 13.8. The topological polar surface area (TPSA) is 153 Å². The second-order valence-corrected chi connectivity index (χ2v) is 9.84. The molecule has 4 N–H and O–H groups in total. The molecule has 12 nitrogen and oxygen atoms in total. The summed E-state index contributed by atoms with van der Waals surface area (Å²) in [5, 5.41) is 11.5. The highest BCUT2D eigenvalue weighted by Gasteiger charge is 2.26. The number of alkyl carbamates (subject to hydrolysis) is 2. The van der Waals surface area contributed by atoms with Crippen LogP contribution in [-0.4, -0.2) is 76.0 Å². The SMILES string of the molecule is CC(OC(=O)NCCNCCNCCNC(=O)OC(C)OC(=O)C1CCCCC1)OC(=O)C1CCCCC1. The maximum Gasteiger partial charge on any atom is 0.410 e. The van der Waals surface area contributed by atoms with Crippen LogP contribution in [0.2, 0.25) is 0 Å². The second kappa shape index (κ2) is 18.6. The summed E-state index contributed by atoms with van der Waals surface area (Å²) >= 11 is 0. The maximum absolute atomic E-state index is 12.1. The summed E-state index contributed by atoms with van der Waals surface area (Å²) in [4.78, 5) is 47.8. The fourth-order valence-corrected chi connectivity index (χ4v) is 4.56. The number of nitrogens with one attached hydrogen (secondary N) is 4. The molecule has 2 unspecified atom stereocenters. The van der Waals surface area contributed by atoms with Crippen molar-refractivity contribution < 1.29 is 38.1 Å². The lowest BCUT2D eigenvalue weighted by Gasteiger charge is -2.22. The average Bonchev–Trinajstić information content (AvgIpc) is 2.90. The quantitative estimate of drug-likeness (QED) is 0.138. The zero-order valence-corrected chi connectivity index (χ0v) is 22.9. The first-order valence-electron chi connectivity index (χ1n) is 14.1. The fourth-order valence-electron chi connectivity index (χ4n) is 4.56. The summed E-state index contributed by atoms with van der Waals surface area (Å²) in [6.45, 7) is 6.18. The van der Waals surface area contributed by atoms with Gasteiger partial charge in [0.15, 0.2) is 0 Å². The van der Waals surface area contributed by atoms with Crippen LogP contribution in [0.3, 0.4) is 0 Å². The van der Waals surface area contributed by atoms with Gasteiger partial charge in [-0.2, -0.15) is 0 Å². The van der Waals surface area contributed by atoms with Gasteiger partial charge in [-0.25, -0.2) is 9.59 Å². The fraction of sp³-hybridized carbons (Fsp3) is 0.846. The van der Waals surface area contributed by atoms with Crippen molar-refractivity contribution in [2.75, 3.05) is 39.3 Å². The van der Waals surface area contributed by atoms with Crippen molar-refractivity contribution in [2.45, 2.75) is 90.6 Å². The Bertz CT molecular complexity index is 666. The Hall–Kier alpha value is -2.60. The van der Waals surface area contributed by atoms with Gasteiger partial charge in [0.05, 0.1) is 11.8 Å². The second-order valence-electron chi connectivity index (χ2n) is 9.84. The van der Waals surface area contributed by atoms with E-state index in [9.17, 15) is 19.2 Å². The van der Waals surface area contributed by atoms with Gasteiger partial charge in [-0.3, -0.25) is 9.59 Å². The van der Waals surface area contributed by atoms with Gasteiger partial charge in [-0.1, -0.05) is 38.5 Å². The summed E-state index contributed by atoms with van der Waals surface area (Å²) < 4.78 is 20.6. The maximum atomic E-state index is 12.1. The molecule has 38 heavy (non-hydrogen) atoms. The largest absolute Gasteiger partial charge is 0.425 e. The number of rotatable bonds is 15. The number of carbonyl (C=O) groups is 4. The first-order chi connectivity index (χ1) is 18.3. The number of carbonyl (C=O) groups excluding carboxylic acids is 4. The van der Waals surface area contributed by atoms with Gasteiger partial charge in [-0.15, -0.1) is 0 Å². The molecule has 0 saturated heterocycles. The van der Waals surface area contributed by atoms with Crippen molar-refractivity contribution >= 4 is 24.1 Å². The molecule has 2 rings (SSSR count). The smallest absolute Gasteiger partial charge is 0.410 e. The Morgan fingerprint density at radius 1 is 0.553 bits per heavy atom. The first-order valence-corrected chi connectivity index (χ1v) is 14.1. The highest BCUT2D eigenvalue weighted by atomic mass is 16.7. The van der Waals surface area contributed by atoms with Crippen LogP contribution in [0.15, 0.2) is 0 Å². The molecule has 218 valence electrons. The van der Waals surface area contributed by atoms with Gasteiger partial charge in [-0.05, 0) is 25.7 Å². The minimum atomic E-state index is -0.924. The van der Waals surface area contributed by atoms with Crippen LogP contribution >= 0.6 is 0 Å². The van der Waals surface area contributed by atoms with Crippen molar-refractivity contribution in [2.24, 2.45) is 11.8 Å². The molecule has 0 radical (unpaired) electrons.